The summed E-state index contributed by atoms with van der Waals surface area (Å²) in [6, 6.07) is 12.6. The lowest BCUT2D eigenvalue weighted by molar-refractivity contribution is -0.120. The molecule has 0 spiro atoms. The number of aromatic nitrogens is 2. The van der Waals surface area contributed by atoms with E-state index >= 15 is 0 Å². The quantitative estimate of drug-likeness (QED) is 0.796. The van der Waals surface area contributed by atoms with Crippen molar-refractivity contribution in [1.82, 2.24) is 14.9 Å². The van der Waals surface area contributed by atoms with Gasteiger partial charge in [-0.3, -0.25) is 4.79 Å². The fraction of sp³-hybridized carbons (Fsp3) is 0.222. The molecule has 0 fully saturated rings. The Morgan fingerprint density at radius 2 is 2.21 bits per heavy atom. The Bertz CT molecular complexity index is 912. The summed E-state index contributed by atoms with van der Waals surface area (Å²) in [4.78, 5) is 18.0. The highest BCUT2D eigenvalue weighted by molar-refractivity contribution is 8.01. The van der Waals surface area contributed by atoms with Crippen LogP contribution in [0.15, 0.2) is 47.4 Å². The van der Waals surface area contributed by atoms with E-state index in [2.05, 4.69) is 16.4 Å². The third-order valence-corrected chi connectivity index (χ3v) is 5.61. The van der Waals surface area contributed by atoms with Crippen LogP contribution < -0.4 is 5.32 Å². The maximum atomic E-state index is 13.3. The van der Waals surface area contributed by atoms with Crippen LogP contribution in [-0.4, -0.2) is 20.7 Å². The third kappa shape index (κ3) is 2.67. The summed E-state index contributed by atoms with van der Waals surface area (Å²) in [6.07, 6.45) is 0.750. The number of thioether (sulfide) groups is 1. The van der Waals surface area contributed by atoms with Crippen molar-refractivity contribution in [2.45, 2.75) is 23.1 Å². The van der Waals surface area contributed by atoms with Gasteiger partial charge in [0.15, 0.2) is 0 Å². The van der Waals surface area contributed by atoms with Crippen molar-refractivity contribution in [2.75, 3.05) is 0 Å². The Balaban J connectivity index is 1.46. The van der Waals surface area contributed by atoms with E-state index in [1.165, 1.54) is 22.6 Å². The van der Waals surface area contributed by atoms with Crippen molar-refractivity contribution < 1.29 is 9.18 Å². The monoisotopic (exact) mass is 341 g/mol. The molecule has 4 rings (SSSR count). The summed E-state index contributed by atoms with van der Waals surface area (Å²) in [5, 5.41) is 2.85. The zero-order chi connectivity index (χ0) is 16.7. The van der Waals surface area contributed by atoms with Crippen LogP contribution in [0, 0.1) is 5.82 Å². The van der Waals surface area contributed by atoms with Gasteiger partial charge in [-0.15, -0.1) is 11.8 Å². The van der Waals surface area contributed by atoms with Crippen LogP contribution in [0.1, 0.15) is 11.4 Å². The molecule has 0 saturated carbocycles. The highest BCUT2D eigenvalue weighted by atomic mass is 32.2. The highest BCUT2D eigenvalue weighted by Crippen LogP contribution is 2.36. The number of halogens is 1. The van der Waals surface area contributed by atoms with Gasteiger partial charge in [0, 0.05) is 18.0 Å². The molecule has 122 valence electrons. The summed E-state index contributed by atoms with van der Waals surface area (Å²) < 4.78 is 15.2. The molecule has 1 atom stereocenters. The number of nitrogens with one attached hydrogen (secondary N) is 1. The van der Waals surface area contributed by atoms with Crippen LogP contribution in [0.4, 0.5) is 4.39 Å². The Hall–Kier alpha value is -2.34. The van der Waals surface area contributed by atoms with Gasteiger partial charge in [-0.2, -0.15) is 0 Å². The lowest BCUT2D eigenvalue weighted by Gasteiger charge is -2.10. The van der Waals surface area contributed by atoms with E-state index < -0.39 is 0 Å². The van der Waals surface area contributed by atoms with E-state index in [1.807, 2.05) is 29.8 Å². The average molecular weight is 341 g/mol. The minimum Gasteiger partial charge on any atom is -0.348 e. The molecule has 1 amide bonds. The third-order valence-electron chi connectivity index (χ3n) is 4.30. The van der Waals surface area contributed by atoms with Gasteiger partial charge in [0.05, 0.1) is 22.8 Å². The number of nitrogens with zero attached hydrogens (tertiary/aromatic N) is 2. The molecule has 2 aromatic carbocycles. The number of amides is 1. The molecule has 3 aromatic rings. The zero-order valence-electron chi connectivity index (χ0n) is 13.1. The molecule has 0 unspecified atom stereocenters. The Morgan fingerprint density at radius 1 is 1.38 bits per heavy atom. The van der Waals surface area contributed by atoms with Crippen LogP contribution in [0.25, 0.3) is 11.0 Å². The molecule has 1 N–H and O–H groups in total. The molecule has 0 bridgehead atoms. The van der Waals surface area contributed by atoms with Crippen LogP contribution in [0.3, 0.4) is 0 Å². The molecule has 2 heterocycles. The topological polar surface area (TPSA) is 46.9 Å². The summed E-state index contributed by atoms with van der Waals surface area (Å²) in [5.41, 5.74) is 2.67. The first kappa shape index (κ1) is 15.2. The second kappa shape index (κ2) is 5.94. The number of benzene rings is 2. The minimum atomic E-state index is -0.309. The molecule has 6 heteroatoms. The molecular formula is C18H16FN3OS. The standard InChI is InChI=1S/C18H16FN3OS/c1-22-14-7-6-12(19)9-13(14)21-17(22)10-20-18(23)16-8-11-4-2-3-5-15(11)24-16/h2-7,9,16H,8,10H2,1H3,(H,20,23)/t16-/m0/s1. The van der Waals surface area contributed by atoms with Gasteiger partial charge < -0.3 is 9.88 Å². The van der Waals surface area contributed by atoms with Gasteiger partial charge in [0.25, 0.3) is 0 Å². The largest absolute Gasteiger partial charge is 0.348 e. The second-order valence-electron chi connectivity index (χ2n) is 5.86. The number of hydrogen-bond donors (Lipinski definition) is 1. The minimum absolute atomic E-state index is 0.00874. The van der Waals surface area contributed by atoms with Gasteiger partial charge in [-0.1, -0.05) is 18.2 Å². The second-order valence-corrected chi connectivity index (χ2v) is 7.10. The fourth-order valence-electron chi connectivity index (χ4n) is 2.99. The van der Waals surface area contributed by atoms with Crippen molar-refractivity contribution in [1.29, 1.82) is 0 Å². The number of hydrogen-bond acceptors (Lipinski definition) is 3. The van der Waals surface area contributed by atoms with Crippen LogP contribution in [-0.2, 0) is 24.8 Å². The van der Waals surface area contributed by atoms with Gasteiger partial charge in [0.1, 0.15) is 11.6 Å². The SMILES string of the molecule is Cn1c(CNC(=O)[C@@H]2Cc3ccccc3S2)nc2cc(F)ccc21. The molecule has 0 aliphatic carbocycles. The van der Waals surface area contributed by atoms with E-state index in [1.54, 1.807) is 17.8 Å². The number of carbonyl (C=O) groups is 1. The van der Waals surface area contributed by atoms with E-state index in [-0.39, 0.29) is 17.0 Å². The molecule has 1 aromatic heterocycles. The summed E-state index contributed by atoms with van der Waals surface area (Å²) in [7, 11) is 1.87. The first-order valence-corrected chi connectivity index (χ1v) is 8.63. The van der Waals surface area contributed by atoms with Gasteiger partial charge in [-0.25, -0.2) is 9.37 Å². The number of carbonyl (C=O) groups excluding carboxylic acids is 1. The molecular weight excluding hydrogens is 325 g/mol. The Labute approximate surface area is 143 Å². The molecule has 0 saturated heterocycles. The predicted octanol–water partition coefficient (Wildman–Crippen LogP) is 3.05. The highest BCUT2D eigenvalue weighted by Gasteiger charge is 2.27. The van der Waals surface area contributed by atoms with Crippen molar-refractivity contribution in [3.63, 3.8) is 0 Å². The molecule has 0 radical (unpaired) electrons. The molecule has 1 aliphatic rings. The van der Waals surface area contributed by atoms with E-state index in [0.717, 1.165) is 11.9 Å². The summed E-state index contributed by atoms with van der Waals surface area (Å²) >= 11 is 1.60. The number of imidazole rings is 1. The molecule has 1 aliphatic heterocycles. The van der Waals surface area contributed by atoms with Gasteiger partial charge in [0.2, 0.25) is 5.91 Å². The zero-order valence-corrected chi connectivity index (χ0v) is 13.9. The van der Waals surface area contributed by atoms with E-state index in [0.29, 0.717) is 17.9 Å². The molecule has 4 nitrogen and oxygen atoms in total. The van der Waals surface area contributed by atoms with Crippen LogP contribution >= 0.6 is 11.8 Å². The normalized spacial score (nSPS) is 16.3. The summed E-state index contributed by atoms with van der Waals surface area (Å²) in [5.74, 6) is 0.412. The smallest absolute Gasteiger partial charge is 0.234 e. The van der Waals surface area contributed by atoms with E-state index in [9.17, 15) is 9.18 Å². The fourth-order valence-corrected chi connectivity index (χ4v) is 4.21. The first-order chi connectivity index (χ1) is 11.6. The van der Waals surface area contributed by atoms with Gasteiger partial charge in [-0.05, 0) is 30.2 Å². The maximum absolute atomic E-state index is 13.3. The maximum Gasteiger partial charge on any atom is 0.234 e. The number of aryl methyl sites for hydroxylation is 1. The van der Waals surface area contributed by atoms with Crippen LogP contribution in [0.2, 0.25) is 0 Å². The van der Waals surface area contributed by atoms with Crippen molar-refractivity contribution in [2.24, 2.45) is 7.05 Å². The Kier molecular flexibility index (Phi) is 3.76. The lowest BCUT2D eigenvalue weighted by Crippen LogP contribution is -2.32. The lowest BCUT2D eigenvalue weighted by atomic mass is 10.1. The predicted molar refractivity (Wildman–Crippen MR) is 92.3 cm³/mol. The van der Waals surface area contributed by atoms with E-state index in [4.69, 9.17) is 0 Å². The van der Waals surface area contributed by atoms with Crippen molar-refractivity contribution in [3.05, 3.63) is 59.7 Å². The number of fused-ring (bicyclic) bond motifs is 2. The van der Waals surface area contributed by atoms with Crippen LogP contribution in [0.5, 0.6) is 0 Å². The summed E-state index contributed by atoms with van der Waals surface area (Å²) in [6.45, 7) is 0.332. The first-order valence-electron chi connectivity index (χ1n) is 7.75. The average Bonchev–Trinajstić information content (AvgIpc) is 3.14. The van der Waals surface area contributed by atoms with Crippen molar-refractivity contribution >= 4 is 28.7 Å². The Morgan fingerprint density at radius 3 is 3.04 bits per heavy atom. The van der Waals surface area contributed by atoms with Gasteiger partial charge >= 0.3 is 0 Å². The number of rotatable bonds is 3. The molecule has 24 heavy (non-hydrogen) atoms. The van der Waals surface area contributed by atoms with Crippen molar-refractivity contribution in [3.8, 4) is 0 Å².